The number of carbonyl (C=O) groups is 2. The predicted octanol–water partition coefficient (Wildman–Crippen LogP) is 0.822. The number of nitrogens with one attached hydrogen (secondary N) is 1. The summed E-state index contributed by atoms with van der Waals surface area (Å²) in [5.41, 5.74) is 4.33. The van der Waals surface area contributed by atoms with Gasteiger partial charge < -0.3 is 10.5 Å². The highest BCUT2D eigenvalue weighted by molar-refractivity contribution is 6.30. The predicted molar refractivity (Wildman–Crippen MR) is 61.3 cm³/mol. The van der Waals surface area contributed by atoms with E-state index in [0.29, 0.717) is 0 Å². The molecule has 0 unspecified atom stereocenters. The molecule has 0 heterocycles. The van der Waals surface area contributed by atoms with Gasteiger partial charge in [0.25, 0.3) is 5.91 Å². The smallest absolute Gasteiger partial charge is 0.318 e. The Morgan fingerprint density at radius 2 is 2.17 bits per heavy atom. The number of nitro benzene ring substituents is 1. The Balaban J connectivity index is 2.76. The van der Waals surface area contributed by atoms with Gasteiger partial charge >= 0.3 is 11.7 Å². The summed E-state index contributed by atoms with van der Waals surface area (Å²) in [7, 11) is 0. The quantitative estimate of drug-likeness (QED) is 0.620. The van der Waals surface area contributed by atoms with E-state index >= 15 is 0 Å². The van der Waals surface area contributed by atoms with Gasteiger partial charge in [-0.25, -0.2) is 4.79 Å². The molecular weight excluding hydrogens is 266 g/mol. The van der Waals surface area contributed by atoms with E-state index < -0.39 is 23.5 Å². The third-order valence-corrected chi connectivity index (χ3v) is 1.97. The number of benzene rings is 1. The number of carbonyl (C=O) groups excluding carboxylic acids is 2. The first-order valence-corrected chi connectivity index (χ1v) is 4.94. The Labute approximate surface area is 106 Å². The summed E-state index contributed by atoms with van der Waals surface area (Å²) in [5, 5.41) is 12.6. The summed E-state index contributed by atoms with van der Waals surface area (Å²) < 4.78 is 4.90. The molecule has 0 bridgehead atoms. The van der Waals surface area contributed by atoms with Gasteiger partial charge in [0.2, 0.25) is 0 Å². The third kappa shape index (κ3) is 3.91. The van der Waals surface area contributed by atoms with Crippen LogP contribution in [0, 0.1) is 10.1 Å². The number of primary amides is 1. The van der Waals surface area contributed by atoms with E-state index in [-0.39, 0.29) is 16.5 Å². The summed E-state index contributed by atoms with van der Waals surface area (Å²) in [6.07, 6.45) is 0. The molecule has 1 aromatic carbocycles. The van der Waals surface area contributed by atoms with Gasteiger partial charge in [0, 0.05) is 11.1 Å². The molecule has 0 saturated heterocycles. The normalized spacial score (nSPS) is 9.61. The van der Waals surface area contributed by atoms with Crippen molar-refractivity contribution in [2.24, 2.45) is 5.73 Å². The van der Waals surface area contributed by atoms with Gasteiger partial charge in [0.05, 0.1) is 4.92 Å². The van der Waals surface area contributed by atoms with Crippen molar-refractivity contribution in [3.63, 3.8) is 0 Å². The second kappa shape index (κ2) is 5.82. The van der Waals surface area contributed by atoms with Crippen molar-refractivity contribution in [3.05, 3.63) is 33.3 Å². The molecule has 9 heteroatoms. The summed E-state index contributed by atoms with van der Waals surface area (Å²) >= 11 is 5.59. The fourth-order valence-corrected chi connectivity index (χ4v) is 1.24. The summed E-state index contributed by atoms with van der Waals surface area (Å²) in [6.45, 7) is -0.578. The van der Waals surface area contributed by atoms with E-state index in [9.17, 15) is 19.7 Å². The third-order valence-electron chi connectivity index (χ3n) is 1.74. The zero-order valence-electron chi connectivity index (χ0n) is 8.88. The minimum atomic E-state index is -1.03. The number of nitrogens with zero attached hydrogens (tertiary/aromatic N) is 1. The highest BCUT2D eigenvalue weighted by atomic mass is 35.5. The summed E-state index contributed by atoms with van der Waals surface area (Å²) in [4.78, 5) is 31.4. The Bertz CT molecular complexity index is 505. The van der Waals surface area contributed by atoms with Gasteiger partial charge in [0.15, 0.2) is 12.4 Å². The van der Waals surface area contributed by atoms with Crippen molar-refractivity contribution in [3.8, 4) is 5.75 Å². The fourth-order valence-electron chi connectivity index (χ4n) is 1.07. The maximum atomic E-state index is 11.0. The lowest BCUT2D eigenvalue weighted by Crippen LogP contribution is -2.38. The molecule has 0 aliphatic carbocycles. The highest BCUT2D eigenvalue weighted by Gasteiger charge is 2.17. The van der Waals surface area contributed by atoms with Crippen molar-refractivity contribution in [2.45, 2.75) is 0 Å². The molecular formula is C9H8ClN3O5. The van der Waals surface area contributed by atoms with E-state index in [4.69, 9.17) is 22.1 Å². The molecule has 3 amide bonds. The maximum absolute atomic E-state index is 11.0. The van der Waals surface area contributed by atoms with Crippen molar-refractivity contribution < 1.29 is 19.2 Å². The van der Waals surface area contributed by atoms with Crippen LogP contribution in [-0.4, -0.2) is 23.5 Å². The second-order valence-electron chi connectivity index (χ2n) is 3.07. The number of imide groups is 1. The zero-order valence-corrected chi connectivity index (χ0v) is 9.64. The molecule has 18 heavy (non-hydrogen) atoms. The molecule has 96 valence electrons. The molecule has 0 atom stereocenters. The molecule has 0 spiro atoms. The number of halogens is 1. The molecule has 1 aromatic rings. The number of amides is 3. The van der Waals surface area contributed by atoms with Gasteiger partial charge in [0.1, 0.15) is 0 Å². The molecule has 3 N–H and O–H groups in total. The van der Waals surface area contributed by atoms with Gasteiger partial charge in [-0.1, -0.05) is 11.6 Å². The minimum absolute atomic E-state index is 0.135. The molecule has 0 aromatic heterocycles. The minimum Gasteiger partial charge on any atom is -0.477 e. The van der Waals surface area contributed by atoms with Gasteiger partial charge in [-0.15, -0.1) is 0 Å². The fraction of sp³-hybridized carbons (Fsp3) is 0.111. The Kier molecular flexibility index (Phi) is 4.44. The monoisotopic (exact) mass is 273 g/mol. The van der Waals surface area contributed by atoms with Crippen molar-refractivity contribution in [2.75, 3.05) is 6.61 Å². The second-order valence-corrected chi connectivity index (χ2v) is 3.51. The molecule has 0 radical (unpaired) electrons. The molecule has 8 nitrogen and oxygen atoms in total. The summed E-state index contributed by atoms with van der Waals surface area (Å²) in [6, 6.07) is 2.67. The van der Waals surface area contributed by atoms with Gasteiger partial charge in [-0.3, -0.25) is 20.2 Å². The molecule has 0 aliphatic heterocycles. The lowest BCUT2D eigenvalue weighted by Gasteiger charge is -2.06. The van der Waals surface area contributed by atoms with Crippen LogP contribution < -0.4 is 15.8 Å². The number of hydrogen-bond acceptors (Lipinski definition) is 5. The lowest BCUT2D eigenvalue weighted by molar-refractivity contribution is -0.385. The van der Waals surface area contributed by atoms with E-state index in [1.807, 2.05) is 0 Å². The first-order valence-electron chi connectivity index (χ1n) is 4.56. The summed E-state index contributed by atoms with van der Waals surface area (Å²) in [5.74, 6) is -0.948. The van der Waals surface area contributed by atoms with Crippen LogP contribution in [0.4, 0.5) is 10.5 Å². The zero-order chi connectivity index (χ0) is 13.7. The van der Waals surface area contributed by atoms with Crippen LogP contribution in [0.15, 0.2) is 18.2 Å². The van der Waals surface area contributed by atoms with E-state index in [2.05, 4.69) is 0 Å². The van der Waals surface area contributed by atoms with Gasteiger partial charge in [-0.05, 0) is 12.1 Å². The highest BCUT2D eigenvalue weighted by Crippen LogP contribution is 2.29. The van der Waals surface area contributed by atoms with Crippen LogP contribution >= 0.6 is 11.6 Å². The number of nitrogens with two attached hydrogens (primary N) is 1. The van der Waals surface area contributed by atoms with Crippen LogP contribution in [0.2, 0.25) is 5.02 Å². The molecule has 1 rings (SSSR count). The Morgan fingerprint density at radius 1 is 1.50 bits per heavy atom. The van der Waals surface area contributed by atoms with Crippen molar-refractivity contribution >= 4 is 29.2 Å². The molecule has 0 fully saturated rings. The maximum Gasteiger partial charge on any atom is 0.318 e. The van der Waals surface area contributed by atoms with E-state index in [0.717, 1.165) is 6.07 Å². The molecule has 0 saturated carbocycles. The number of ether oxygens (including phenoxy) is 1. The van der Waals surface area contributed by atoms with E-state index in [1.165, 1.54) is 12.1 Å². The first kappa shape index (κ1) is 13.7. The van der Waals surface area contributed by atoms with Crippen LogP contribution in [0.1, 0.15) is 0 Å². The van der Waals surface area contributed by atoms with E-state index in [1.54, 1.807) is 5.32 Å². The topological polar surface area (TPSA) is 125 Å². The number of urea groups is 1. The van der Waals surface area contributed by atoms with Crippen molar-refractivity contribution in [1.82, 2.24) is 5.32 Å². The first-order chi connectivity index (χ1) is 8.40. The average Bonchev–Trinajstić information content (AvgIpc) is 2.26. The molecule has 0 aliphatic rings. The van der Waals surface area contributed by atoms with Crippen LogP contribution in [0.25, 0.3) is 0 Å². The van der Waals surface area contributed by atoms with Crippen LogP contribution in [0.5, 0.6) is 5.75 Å². The largest absolute Gasteiger partial charge is 0.477 e. The Morgan fingerprint density at radius 3 is 2.72 bits per heavy atom. The average molecular weight is 274 g/mol. The number of hydrogen-bond donors (Lipinski definition) is 2. The number of nitro groups is 1. The Hall–Kier alpha value is -2.35. The van der Waals surface area contributed by atoms with Crippen LogP contribution in [-0.2, 0) is 4.79 Å². The SMILES string of the molecule is NC(=O)NC(=O)COc1ccc(Cl)cc1[N+](=O)[O-]. The number of rotatable bonds is 4. The standard InChI is InChI=1S/C9H8ClN3O5/c10-5-1-2-7(6(3-5)13(16)17)18-4-8(14)12-9(11)15/h1-3H,4H2,(H3,11,12,14,15). The van der Waals surface area contributed by atoms with Crippen LogP contribution in [0.3, 0.4) is 0 Å². The lowest BCUT2D eigenvalue weighted by atomic mass is 10.3. The van der Waals surface area contributed by atoms with Crippen molar-refractivity contribution in [1.29, 1.82) is 0 Å². The van der Waals surface area contributed by atoms with Gasteiger partial charge in [-0.2, -0.15) is 0 Å².